The Balaban J connectivity index is 1.81. The summed E-state index contributed by atoms with van der Waals surface area (Å²) in [4.78, 5) is 4.53. The van der Waals surface area contributed by atoms with Crippen LogP contribution in [0.5, 0.6) is 5.75 Å². The van der Waals surface area contributed by atoms with Crippen LogP contribution in [-0.4, -0.2) is 6.21 Å². The fourth-order valence-corrected chi connectivity index (χ4v) is 2.67. The molecule has 3 rings (SSSR count). The van der Waals surface area contributed by atoms with E-state index < -0.39 is 0 Å². The average Bonchev–Trinajstić information content (AvgIpc) is 2.62. The Morgan fingerprint density at radius 3 is 2.62 bits per heavy atom. The summed E-state index contributed by atoms with van der Waals surface area (Å²) >= 11 is 6.12. The second-order valence-electron chi connectivity index (χ2n) is 6.13. The molecule has 0 amide bonds. The molecule has 0 aliphatic heterocycles. The van der Waals surface area contributed by atoms with Gasteiger partial charge in [0.15, 0.2) is 0 Å². The highest BCUT2D eigenvalue weighted by atomic mass is 35.5. The summed E-state index contributed by atoms with van der Waals surface area (Å²) in [5, 5.41) is 0.602. The number of benzene rings is 3. The van der Waals surface area contributed by atoms with Crippen LogP contribution in [0.1, 0.15) is 22.3 Å². The Hall–Kier alpha value is -2.65. The molecule has 0 unspecified atom stereocenters. The molecule has 3 aromatic carbocycles. The van der Waals surface area contributed by atoms with Gasteiger partial charge in [-0.05, 0) is 73.0 Å². The van der Waals surface area contributed by atoms with Gasteiger partial charge in [0.05, 0.1) is 5.69 Å². The molecule has 0 N–H and O–H groups in total. The first-order chi connectivity index (χ1) is 12.5. The number of nitrogens with zero attached hydrogens (tertiary/aromatic N) is 1. The predicted molar refractivity (Wildman–Crippen MR) is 105 cm³/mol. The first-order valence-corrected chi connectivity index (χ1v) is 8.67. The molecule has 0 aromatic heterocycles. The van der Waals surface area contributed by atoms with Crippen LogP contribution < -0.4 is 4.74 Å². The van der Waals surface area contributed by atoms with Crippen LogP contribution in [0.25, 0.3) is 0 Å². The molecule has 132 valence electrons. The Bertz CT molecular complexity index is 953. The lowest BCUT2D eigenvalue weighted by Gasteiger charge is -2.10. The van der Waals surface area contributed by atoms with Crippen molar-refractivity contribution in [3.63, 3.8) is 0 Å². The molecule has 3 aromatic rings. The van der Waals surface area contributed by atoms with Crippen LogP contribution in [0, 0.1) is 19.7 Å². The van der Waals surface area contributed by atoms with Crippen molar-refractivity contribution in [3.05, 3.63) is 93.8 Å². The zero-order chi connectivity index (χ0) is 18.5. The highest BCUT2D eigenvalue weighted by Crippen LogP contribution is 2.24. The SMILES string of the molecule is Cc1ccc(N=Cc2cc(Cl)ccc2OCc2cccc(F)c2)cc1C. The first-order valence-electron chi connectivity index (χ1n) is 8.29. The maximum Gasteiger partial charge on any atom is 0.128 e. The number of rotatable bonds is 5. The lowest BCUT2D eigenvalue weighted by molar-refractivity contribution is 0.305. The molecule has 0 fully saturated rings. The number of aliphatic imine (C=N–C) groups is 1. The summed E-state index contributed by atoms with van der Waals surface area (Å²) in [5.41, 5.74) is 4.81. The third kappa shape index (κ3) is 4.70. The normalized spacial score (nSPS) is 11.1. The summed E-state index contributed by atoms with van der Waals surface area (Å²) in [6, 6.07) is 17.7. The smallest absolute Gasteiger partial charge is 0.128 e. The molecular formula is C22H19ClFNO. The summed E-state index contributed by atoms with van der Waals surface area (Å²) < 4.78 is 19.1. The van der Waals surface area contributed by atoms with Crippen molar-refractivity contribution >= 4 is 23.5 Å². The second-order valence-corrected chi connectivity index (χ2v) is 6.56. The van der Waals surface area contributed by atoms with Crippen LogP contribution in [0.15, 0.2) is 65.7 Å². The van der Waals surface area contributed by atoms with Gasteiger partial charge in [0.25, 0.3) is 0 Å². The quantitative estimate of drug-likeness (QED) is 0.476. The van der Waals surface area contributed by atoms with Gasteiger partial charge < -0.3 is 4.74 Å². The van der Waals surface area contributed by atoms with Gasteiger partial charge >= 0.3 is 0 Å². The van der Waals surface area contributed by atoms with E-state index in [2.05, 4.69) is 18.8 Å². The van der Waals surface area contributed by atoms with Gasteiger partial charge in [0, 0.05) is 16.8 Å². The molecule has 0 aliphatic carbocycles. The standard InChI is InChI=1S/C22H19ClFNO/c1-15-6-8-21(10-16(15)2)25-13-18-12-19(23)7-9-22(18)26-14-17-4-3-5-20(24)11-17/h3-13H,14H2,1-2H3. The fraction of sp³-hybridized carbons (Fsp3) is 0.136. The topological polar surface area (TPSA) is 21.6 Å². The minimum absolute atomic E-state index is 0.268. The van der Waals surface area contributed by atoms with Gasteiger partial charge in [0.2, 0.25) is 0 Å². The van der Waals surface area contributed by atoms with Crippen molar-refractivity contribution in [1.29, 1.82) is 0 Å². The van der Waals surface area contributed by atoms with Crippen molar-refractivity contribution in [3.8, 4) is 5.75 Å². The molecule has 4 heteroatoms. The van der Waals surface area contributed by atoms with Gasteiger partial charge in [0.1, 0.15) is 18.2 Å². The van der Waals surface area contributed by atoms with E-state index in [0.29, 0.717) is 10.8 Å². The molecule has 0 spiro atoms. The fourth-order valence-electron chi connectivity index (χ4n) is 2.49. The summed E-state index contributed by atoms with van der Waals surface area (Å²) in [6.07, 6.45) is 1.73. The van der Waals surface area contributed by atoms with Crippen molar-refractivity contribution in [2.45, 2.75) is 20.5 Å². The molecule has 0 radical (unpaired) electrons. The molecule has 0 aliphatic rings. The lowest BCUT2D eigenvalue weighted by Crippen LogP contribution is -1.99. The second kappa shape index (κ2) is 8.15. The minimum Gasteiger partial charge on any atom is -0.488 e. The molecule has 0 saturated carbocycles. The van der Waals surface area contributed by atoms with Crippen molar-refractivity contribution in [1.82, 2.24) is 0 Å². The maximum absolute atomic E-state index is 13.3. The largest absolute Gasteiger partial charge is 0.488 e. The van der Waals surface area contributed by atoms with Crippen LogP contribution in [0.4, 0.5) is 10.1 Å². The van der Waals surface area contributed by atoms with Crippen LogP contribution in [0.3, 0.4) is 0 Å². The van der Waals surface area contributed by atoms with E-state index in [0.717, 1.165) is 16.8 Å². The number of hydrogen-bond donors (Lipinski definition) is 0. The Kier molecular flexibility index (Phi) is 5.69. The third-order valence-electron chi connectivity index (χ3n) is 4.10. The zero-order valence-corrected chi connectivity index (χ0v) is 15.4. The molecule has 0 atom stereocenters. The number of hydrogen-bond acceptors (Lipinski definition) is 2. The highest BCUT2D eigenvalue weighted by molar-refractivity contribution is 6.30. The zero-order valence-electron chi connectivity index (χ0n) is 14.7. The lowest BCUT2D eigenvalue weighted by atomic mass is 10.1. The Morgan fingerprint density at radius 1 is 1.00 bits per heavy atom. The van der Waals surface area contributed by atoms with Crippen molar-refractivity contribution in [2.75, 3.05) is 0 Å². The molecule has 26 heavy (non-hydrogen) atoms. The first kappa shape index (κ1) is 18.2. The van der Waals surface area contributed by atoms with E-state index in [1.54, 1.807) is 30.5 Å². The number of halogens is 2. The van der Waals surface area contributed by atoms with Crippen molar-refractivity contribution in [2.24, 2.45) is 4.99 Å². The van der Waals surface area contributed by atoms with Gasteiger partial charge in [-0.3, -0.25) is 4.99 Å². The minimum atomic E-state index is -0.279. The van der Waals surface area contributed by atoms with Gasteiger partial charge in [-0.2, -0.15) is 0 Å². The van der Waals surface area contributed by atoms with Crippen LogP contribution in [-0.2, 0) is 6.61 Å². The Labute approximate surface area is 157 Å². The van der Waals surface area contributed by atoms with E-state index >= 15 is 0 Å². The third-order valence-corrected chi connectivity index (χ3v) is 4.33. The number of aryl methyl sites for hydroxylation is 2. The molecular weight excluding hydrogens is 349 g/mol. The summed E-state index contributed by atoms with van der Waals surface area (Å²) in [6.45, 7) is 4.39. The monoisotopic (exact) mass is 367 g/mol. The highest BCUT2D eigenvalue weighted by Gasteiger charge is 2.05. The average molecular weight is 368 g/mol. The van der Waals surface area contributed by atoms with E-state index in [1.807, 2.05) is 24.3 Å². The molecule has 0 saturated heterocycles. The van der Waals surface area contributed by atoms with Crippen LogP contribution in [0.2, 0.25) is 5.02 Å². The summed E-state index contributed by atoms with van der Waals surface area (Å²) in [5.74, 6) is 0.366. The summed E-state index contributed by atoms with van der Waals surface area (Å²) in [7, 11) is 0. The molecule has 0 bridgehead atoms. The molecule has 0 heterocycles. The van der Waals surface area contributed by atoms with E-state index in [4.69, 9.17) is 16.3 Å². The maximum atomic E-state index is 13.3. The Morgan fingerprint density at radius 2 is 1.85 bits per heavy atom. The molecule has 2 nitrogen and oxygen atoms in total. The van der Waals surface area contributed by atoms with E-state index in [-0.39, 0.29) is 12.4 Å². The number of ether oxygens (including phenoxy) is 1. The van der Waals surface area contributed by atoms with Crippen molar-refractivity contribution < 1.29 is 9.13 Å². The predicted octanol–water partition coefficient (Wildman–Crippen LogP) is 6.43. The van der Waals surface area contributed by atoms with Gasteiger partial charge in [-0.1, -0.05) is 29.8 Å². The van der Waals surface area contributed by atoms with Gasteiger partial charge in [-0.15, -0.1) is 0 Å². The van der Waals surface area contributed by atoms with E-state index in [9.17, 15) is 4.39 Å². The van der Waals surface area contributed by atoms with Crippen LogP contribution >= 0.6 is 11.6 Å². The van der Waals surface area contributed by atoms with Gasteiger partial charge in [-0.25, -0.2) is 4.39 Å². The van der Waals surface area contributed by atoms with E-state index in [1.165, 1.54) is 23.3 Å².